The molecule has 1 saturated heterocycles. The molecule has 0 bridgehead atoms. The number of halogens is 1. The summed E-state index contributed by atoms with van der Waals surface area (Å²) >= 11 is 5.91. The Morgan fingerprint density at radius 3 is 2.78 bits per heavy atom. The zero-order valence-corrected chi connectivity index (χ0v) is 11.8. The van der Waals surface area contributed by atoms with Gasteiger partial charge in [0, 0.05) is 13.6 Å². The molecular weight excluding hydrogens is 276 g/mol. The number of aromatic nitrogens is 2. The molecule has 2 N–H and O–H groups in total. The molecule has 102 valence electrons. The highest BCUT2D eigenvalue weighted by molar-refractivity contribution is 7.89. The molecule has 0 saturated carbocycles. The Balaban J connectivity index is 2.41. The molecule has 6 nitrogen and oxygen atoms in total. The van der Waals surface area contributed by atoms with Gasteiger partial charge in [-0.05, 0) is 12.8 Å². The lowest BCUT2D eigenvalue weighted by molar-refractivity contribution is 0.327. The molecule has 1 fully saturated rings. The van der Waals surface area contributed by atoms with E-state index in [1.165, 1.54) is 15.2 Å². The van der Waals surface area contributed by atoms with Crippen LogP contribution in [0.4, 0.5) is 0 Å². The van der Waals surface area contributed by atoms with Crippen molar-refractivity contribution in [2.24, 2.45) is 12.8 Å². The standard InChI is InChI=1S/C10H17ClN4O2S/c1-14-10(8(11)7-13-14)18(16,17)15-6-4-2-3-5-9(15)12/h7,9H,2-6,12H2,1H3. The van der Waals surface area contributed by atoms with Crippen molar-refractivity contribution < 1.29 is 8.42 Å². The van der Waals surface area contributed by atoms with Crippen molar-refractivity contribution >= 4 is 21.6 Å². The monoisotopic (exact) mass is 292 g/mol. The van der Waals surface area contributed by atoms with Crippen LogP contribution >= 0.6 is 11.6 Å². The maximum absolute atomic E-state index is 12.6. The fourth-order valence-corrected chi connectivity index (χ4v) is 4.40. The molecule has 2 heterocycles. The van der Waals surface area contributed by atoms with Crippen LogP contribution < -0.4 is 5.73 Å². The van der Waals surface area contributed by atoms with Gasteiger partial charge in [0.05, 0.1) is 17.4 Å². The number of rotatable bonds is 2. The number of hydrogen-bond acceptors (Lipinski definition) is 4. The predicted molar refractivity (Wildman–Crippen MR) is 68.6 cm³/mol. The second-order valence-electron chi connectivity index (χ2n) is 4.45. The average molecular weight is 293 g/mol. The molecule has 0 amide bonds. The normalized spacial score (nSPS) is 22.9. The van der Waals surface area contributed by atoms with Crippen molar-refractivity contribution in [2.75, 3.05) is 6.54 Å². The summed E-state index contributed by atoms with van der Waals surface area (Å²) in [4.78, 5) is 0. The number of nitrogens with two attached hydrogens (primary N) is 1. The maximum Gasteiger partial charge on any atom is 0.263 e. The summed E-state index contributed by atoms with van der Waals surface area (Å²) in [5.41, 5.74) is 5.95. The fourth-order valence-electron chi connectivity index (χ4n) is 2.21. The van der Waals surface area contributed by atoms with Gasteiger partial charge in [-0.2, -0.15) is 9.40 Å². The topological polar surface area (TPSA) is 81.2 Å². The second-order valence-corrected chi connectivity index (χ2v) is 6.67. The molecule has 0 spiro atoms. The van der Waals surface area contributed by atoms with Crippen LogP contribution in [0.1, 0.15) is 25.7 Å². The molecule has 1 aromatic heterocycles. The zero-order chi connectivity index (χ0) is 13.3. The quantitative estimate of drug-likeness (QED) is 0.879. The smallest absolute Gasteiger partial charge is 0.263 e. The van der Waals surface area contributed by atoms with E-state index in [1.807, 2.05) is 0 Å². The van der Waals surface area contributed by atoms with Crippen molar-refractivity contribution in [3.63, 3.8) is 0 Å². The van der Waals surface area contributed by atoms with Crippen LogP contribution in [-0.4, -0.2) is 35.2 Å². The Bertz CT molecular complexity index is 508. The molecule has 0 aliphatic carbocycles. The molecule has 2 rings (SSSR count). The summed E-state index contributed by atoms with van der Waals surface area (Å²) < 4.78 is 27.7. The Hall–Kier alpha value is -0.630. The average Bonchev–Trinajstić information content (AvgIpc) is 2.50. The van der Waals surface area contributed by atoms with Gasteiger partial charge in [-0.25, -0.2) is 8.42 Å². The van der Waals surface area contributed by atoms with E-state index >= 15 is 0 Å². The molecule has 1 aliphatic rings. The molecule has 1 atom stereocenters. The fraction of sp³-hybridized carbons (Fsp3) is 0.700. The highest BCUT2D eigenvalue weighted by Crippen LogP contribution is 2.27. The Morgan fingerprint density at radius 1 is 1.44 bits per heavy atom. The van der Waals surface area contributed by atoms with Gasteiger partial charge in [-0.3, -0.25) is 4.68 Å². The molecular formula is C10H17ClN4O2S. The summed E-state index contributed by atoms with van der Waals surface area (Å²) in [5.74, 6) is 0. The van der Waals surface area contributed by atoms with Crippen molar-refractivity contribution in [2.45, 2.75) is 36.9 Å². The van der Waals surface area contributed by atoms with Crippen LogP contribution in [0, 0.1) is 0 Å². The molecule has 0 aromatic carbocycles. The first kappa shape index (κ1) is 13.8. The van der Waals surface area contributed by atoms with Gasteiger partial charge in [0.2, 0.25) is 0 Å². The van der Waals surface area contributed by atoms with E-state index in [0.717, 1.165) is 19.3 Å². The maximum atomic E-state index is 12.6. The molecule has 0 radical (unpaired) electrons. The minimum Gasteiger partial charge on any atom is -0.315 e. The van der Waals surface area contributed by atoms with Gasteiger partial charge in [0.1, 0.15) is 0 Å². The predicted octanol–water partition coefficient (Wildman–Crippen LogP) is 0.923. The van der Waals surface area contributed by atoms with Crippen LogP contribution in [0.3, 0.4) is 0 Å². The lowest BCUT2D eigenvalue weighted by Gasteiger charge is -2.25. The lowest BCUT2D eigenvalue weighted by Crippen LogP contribution is -2.45. The van der Waals surface area contributed by atoms with Gasteiger partial charge in [-0.1, -0.05) is 24.4 Å². The van der Waals surface area contributed by atoms with Crippen molar-refractivity contribution in [3.05, 3.63) is 11.2 Å². The first-order chi connectivity index (χ1) is 8.44. The summed E-state index contributed by atoms with van der Waals surface area (Å²) in [6, 6.07) is 0. The lowest BCUT2D eigenvalue weighted by atomic mass is 10.2. The van der Waals surface area contributed by atoms with Gasteiger partial charge >= 0.3 is 0 Å². The van der Waals surface area contributed by atoms with E-state index in [2.05, 4.69) is 5.10 Å². The van der Waals surface area contributed by atoms with Crippen LogP contribution in [0.5, 0.6) is 0 Å². The van der Waals surface area contributed by atoms with Crippen molar-refractivity contribution in [3.8, 4) is 0 Å². The van der Waals surface area contributed by atoms with E-state index in [9.17, 15) is 8.42 Å². The summed E-state index contributed by atoms with van der Waals surface area (Å²) in [5, 5.41) is 4.01. The molecule has 1 aliphatic heterocycles. The van der Waals surface area contributed by atoms with Gasteiger partial charge in [0.25, 0.3) is 10.0 Å². The number of sulfonamides is 1. The van der Waals surface area contributed by atoms with Crippen molar-refractivity contribution in [1.82, 2.24) is 14.1 Å². The largest absolute Gasteiger partial charge is 0.315 e. The summed E-state index contributed by atoms with van der Waals surface area (Å²) in [6.45, 7) is 0.436. The number of aryl methyl sites for hydroxylation is 1. The van der Waals surface area contributed by atoms with Crippen LogP contribution in [0.25, 0.3) is 0 Å². The molecule has 1 unspecified atom stereocenters. The number of hydrogen-bond donors (Lipinski definition) is 1. The second kappa shape index (κ2) is 5.16. The minimum absolute atomic E-state index is 0.0153. The van der Waals surface area contributed by atoms with Crippen LogP contribution in [0.2, 0.25) is 5.02 Å². The van der Waals surface area contributed by atoms with Gasteiger partial charge < -0.3 is 5.73 Å². The summed E-state index contributed by atoms with van der Waals surface area (Å²) in [6.07, 6.45) is 4.29. The first-order valence-corrected chi connectivity index (χ1v) is 7.71. The Labute approximate surface area is 112 Å². The summed E-state index contributed by atoms with van der Waals surface area (Å²) in [7, 11) is -2.12. The van der Waals surface area contributed by atoms with E-state index in [-0.39, 0.29) is 10.0 Å². The Kier molecular flexibility index (Phi) is 3.96. The molecule has 8 heteroatoms. The van der Waals surface area contributed by atoms with Gasteiger partial charge in [0.15, 0.2) is 5.03 Å². The Morgan fingerprint density at radius 2 is 2.17 bits per heavy atom. The highest BCUT2D eigenvalue weighted by atomic mass is 35.5. The highest BCUT2D eigenvalue weighted by Gasteiger charge is 2.34. The third kappa shape index (κ3) is 2.40. The van der Waals surface area contributed by atoms with E-state index in [4.69, 9.17) is 17.3 Å². The molecule has 18 heavy (non-hydrogen) atoms. The van der Waals surface area contributed by atoms with Gasteiger partial charge in [-0.15, -0.1) is 0 Å². The van der Waals surface area contributed by atoms with E-state index in [1.54, 1.807) is 7.05 Å². The van der Waals surface area contributed by atoms with Crippen LogP contribution in [-0.2, 0) is 17.1 Å². The van der Waals surface area contributed by atoms with Crippen LogP contribution in [0.15, 0.2) is 11.2 Å². The molecule has 1 aromatic rings. The van der Waals surface area contributed by atoms with E-state index < -0.39 is 16.2 Å². The van der Waals surface area contributed by atoms with E-state index in [0.29, 0.717) is 13.0 Å². The zero-order valence-electron chi connectivity index (χ0n) is 10.2. The SMILES string of the molecule is Cn1ncc(Cl)c1S(=O)(=O)N1CCCCCC1N. The first-order valence-electron chi connectivity index (χ1n) is 5.89. The third-order valence-electron chi connectivity index (χ3n) is 3.14. The third-order valence-corrected chi connectivity index (χ3v) is 5.58. The number of nitrogens with zero attached hydrogens (tertiary/aromatic N) is 3. The minimum atomic E-state index is -3.68. The van der Waals surface area contributed by atoms with Crippen molar-refractivity contribution in [1.29, 1.82) is 0 Å².